The smallest absolute Gasteiger partial charge is 0.268 e. The summed E-state index contributed by atoms with van der Waals surface area (Å²) in [4.78, 5) is 12.3. The van der Waals surface area contributed by atoms with Gasteiger partial charge in [-0.15, -0.1) is 0 Å². The zero-order valence-electron chi connectivity index (χ0n) is 11.2. The first-order valence-electron chi connectivity index (χ1n) is 6.19. The van der Waals surface area contributed by atoms with Gasteiger partial charge in [-0.3, -0.25) is 4.79 Å². The fourth-order valence-electron chi connectivity index (χ4n) is 1.93. The van der Waals surface area contributed by atoms with Gasteiger partial charge in [0.2, 0.25) is 0 Å². The Kier molecular flexibility index (Phi) is 4.47. The van der Waals surface area contributed by atoms with E-state index in [2.05, 4.69) is 40.5 Å². The van der Waals surface area contributed by atoms with Gasteiger partial charge in [0.25, 0.3) is 5.91 Å². The maximum atomic E-state index is 12.3. The van der Waals surface area contributed by atoms with Crippen molar-refractivity contribution in [1.29, 1.82) is 0 Å². The monoisotopic (exact) mass is 340 g/mol. The molecule has 0 aliphatic carbocycles. The zero-order valence-corrected chi connectivity index (χ0v) is 13.6. The lowest BCUT2D eigenvalue weighted by Gasteiger charge is -2.16. The van der Waals surface area contributed by atoms with Crippen molar-refractivity contribution in [2.45, 2.75) is 32.9 Å². The number of carbonyl (C=O) groups excluding carboxylic acids is 1. The van der Waals surface area contributed by atoms with Crippen LogP contribution in [0.3, 0.4) is 0 Å². The van der Waals surface area contributed by atoms with Crippen molar-refractivity contribution in [3.63, 3.8) is 0 Å². The number of carbonyl (C=O) groups is 1. The molecule has 0 bridgehead atoms. The van der Waals surface area contributed by atoms with Gasteiger partial charge >= 0.3 is 0 Å². The van der Waals surface area contributed by atoms with E-state index >= 15 is 0 Å². The number of rotatable bonds is 4. The topological polar surface area (TPSA) is 34.0 Å². The Morgan fingerprint density at radius 2 is 2.16 bits per heavy atom. The molecule has 1 amide bonds. The van der Waals surface area contributed by atoms with Crippen LogP contribution in [0.4, 0.5) is 0 Å². The summed E-state index contributed by atoms with van der Waals surface area (Å²) in [5.74, 6) is -0.0434. The number of amides is 1. The zero-order chi connectivity index (χ0) is 14.0. The Bertz CT molecular complexity index is 560. The summed E-state index contributed by atoms with van der Waals surface area (Å²) in [7, 11) is 0. The summed E-state index contributed by atoms with van der Waals surface area (Å²) in [6, 6.07) is 4.17. The molecule has 1 N–H and O–H groups in total. The van der Waals surface area contributed by atoms with Crippen LogP contribution in [-0.2, 0) is 0 Å². The molecule has 0 saturated carbocycles. The van der Waals surface area contributed by atoms with E-state index in [0.29, 0.717) is 5.69 Å². The number of hydrogen-bond acceptors (Lipinski definition) is 2. The van der Waals surface area contributed by atoms with Crippen LogP contribution in [-0.4, -0.2) is 10.5 Å². The number of nitrogens with zero attached hydrogens (tertiary/aromatic N) is 1. The molecule has 2 heterocycles. The van der Waals surface area contributed by atoms with Crippen molar-refractivity contribution in [3.05, 3.63) is 44.8 Å². The minimum absolute atomic E-state index is 0.0213. The molecular weight excluding hydrogens is 324 g/mol. The predicted octanol–water partition coefficient (Wildman–Crippen LogP) is 4.38. The highest BCUT2D eigenvalue weighted by Gasteiger charge is 2.17. The molecule has 2 rings (SSSR count). The molecule has 2 aromatic heterocycles. The molecule has 0 saturated heterocycles. The predicted molar refractivity (Wildman–Crippen MR) is 82.7 cm³/mol. The highest BCUT2D eigenvalue weighted by Crippen LogP contribution is 2.21. The minimum Gasteiger partial charge on any atom is -0.344 e. The van der Waals surface area contributed by atoms with E-state index in [0.717, 1.165) is 10.0 Å². The first-order chi connectivity index (χ1) is 8.99. The molecule has 0 radical (unpaired) electrons. The molecule has 1 unspecified atom stereocenters. The van der Waals surface area contributed by atoms with Gasteiger partial charge in [-0.25, -0.2) is 0 Å². The minimum atomic E-state index is -0.0434. The van der Waals surface area contributed by atoms with Gasteiger partial charge < -0.3 is 9.88 Å². The number of nitrogens with one attached hydrogen (secondary N) is 1. The van der Waals surface area contributed by atoms with E-state index in [1.165, 1.54) is 0 Å². The highest BCUT2D eigenvalue weighted by molar-refractivity contribution is 9.10. The Labute approximate surface area is 125 Å². The van der Waals surface area contributed by atoms with E-state index < -0.39 is 0 Å². The van der Waals surface area contributed by atoms with E-state index in [-0.39, 0.29) is 18.0 Å². The molecule has 0 aliphatic heterocycles. The first-order valence-corrected chi connectivity index (χ1v) is 7.93. The molecule has 19 heavy (non-hydrogen) atoms. The maximum absolute atomic E-state index is 12.3. The van der Waals surface area contributed by atoms with Gasteiger partial charge in [-0.05, 0) is 65.2 Å². The molecule has 1 atom stereocenters. The summed E-state index contributed by atoms with van der Waals surface area (Å²) in [5.41, 5.74) is 1.82. The number of thiophene rings is 1. The molecule has 0 aliphatic rings. The normalized spacial score (nSPS) is 12.7. The third-order valence-corrected chi connectivity index (χ3v) is 4.13. The van der Waals surface area contributed by atoms with Crippen LogP contribution in [0.15, 0.2) is 33.6 Å². The van der Waals surface area contributed by atoms with Crippen LogP contribution in [0.2, 0.25) is 0 Å². The largest absolute Gasteiger partial charge is 0.344 e. The van der Waals surface area contributed by atoms with Crippen molar-refractivity contribution in [2.75, 3.05) is 0 Å². The van der Waals surface area contributed by atoms with Gasteiger partial charge in [0.1, 0.15) is 5.69 Å². The van der Waals surface area contributed by atoms with Gasteiger partial charge in [-0.2, -0.15) is 11.3 Å². The summed E-state index contributed by atoms with van der Waals surface area (Å²) in [6.45, 7) is 6.12. The Hall–Kier alpha value is -1.07. The molecule has 102 valence electrons. The second-order valence-corrected chi connectivity index (χ2v) is 6.49. The van der Waals surface area contributed by atoms with Crippen molar-refractivity contribution < 1.29 is 4.79 Å². The average molecular weight is 341 g/mol. The number of halogens is 1. The van der Waals surface area contributed by atoms with Crippen LogP contribution in [0, 0.1) is 0 Å². The van der Waals surface area contributed by atoms with Crippen molar-refractivity contribution in [3.8, 4) is 0 Å². The summed E-state index contributed by atoms with van der Waals surface area (Å²) < 4.78 is 2.90. The molecule has 0 spiro atoms. The van der Waals surface area contributed by atoms with Gasteiger partial charge in [-0.1, -0.05) is 0 Å². The molecule has 3 nitrogen and oxygen atoms in total. The second kappa shape index (κ2) is 5.92. The Morgan fingerprint density at radius 1 is 1.42 bits per heavy atom. The lowest BCUT2D eigenvalue weighted by Crippen LogP contribution is -2.28. The molecule has 0 fully saturated rings. The Balaban J connectivity index is 2.16. The molecule has 5 heteroatoms. The van der Waals surface area contributed by atoms with E-state index in [1.807, 2.05) is 35.2 Å². The maximum Gasteiger partial charge on any atom is 0.268 e. The first kappa shape index (κ1) is 14.3. The Morgan fingerprint density at radius 3 is 2.74 bits per heavy atom. The lowest BCUT2D eigenvalue weighted by molar-refractivity contribution is 0.0929. The second-order valence-electron chi connectivity index (χ2n) is 4.80. The van der Waals surface area contributed by atoms with Crippen LogP contribution >= 0.6 is 27.3 Å². The van der Waals surface area contributed by atoms with Crippen LogP contribution < -0.4 is 5.32 Å². The van der Waals surface area contributed by atoms with Crippen LogP contribution in [0.1, 0.15) is 48.9 Å². The van der Waals surface area contributed by atoms with E-state index in [1.54, 1.807) is 11.3 Å². The van der Waals surface area contributed by atoms with Crippen molar-refractivity contribution >= 4 is 33.2 Å². The van der Waals surface area contributed by atoms with Gasteiger partial charge in [0.05, 0.1) is 6.04 Å². The van der Waals surface area contributed by atoms with Crippen LogP contribution in [0.5, 0.6) is 0 Å². The number of aromatic nitrogens is 1. The van der Waals surface area contributed by atoms with Gasteiger partial charge in [0.15, 0.2) is 0 Å². The summed E-state index contributed by atoms with van der Waals surface area (Å²) in [6.07, 6.45) is 1.94. The fourth-order valence-corrected chi connectivity index (χ4v) is 3.12. The molecular formula is C14H17BrN2OS. The third kappa shape index (κ3) is 3.28. The standard InChI is InChI=1S/C14H17BrN2OS/c1-9(2)17-7-12(15)6-13(17)14(18)16-10(3)11-4-5-19-8-11/h4-10H,1-3H3,(H,16,18). The van der Waals surface area contributed by atoms with E-state index in [4.69, 9.17) is 0 Å². The number of hydrogen-bond donors (Lipinski definition) is 1. The SMILES string of the molecule is CC(NC(=O)c1cc(Br)cn1C(C)C)c1ccsc1. The molecule has 0 aromatic carbocycles. The van der Waals surface area contributed by atoms with Gasteiger partial charge in [0, 0.05) is 16.7 Å². The highest BCUT2D eigenvalue weighted by atomic mass is 79.9. The van der Waals surface area contributed by atoms with Crippen molar-refractivity contribution in [2.24, 2.45) is 0 Å². The lowest BCUT2D eigenvalue weighted by atomic mass is 10.2. The van der Waals surface area contributed by atoms with Crippen molar-refractivity contribution in [1.82, 2.24) is 9.88 Å². The third-order valence-electron chi connectivity index (χ3n) is 2.99. The quantitative estimate of drug-likeness (QED) is 0.880. The van der Waals surface area contributed by atoms with E-state index in [9.17, 15) is 4.79 Å². The average Bonchev–Trinajstić information content (AvgIpc) is 2.96. The summed E-state index contributed by atoms with van der Waals surface area (Å²) >= 11 is 5.06. The molecule has 2 aromatic rings. The van der Waals surface area contributed by atoms with Crippen LogP contribution in [0.25, 0.3) is 0 Å². The fraction of sp³-hybridized carbons (Fsp3) is 0.357. The summed E-state index contributed by atoms with van der Waals surface area (Å²) in [5, 5.41) is 7.11.